The molecule has 0 N–H and O–H groups in total. The number of hydrogen-bond acceptors (Lipinski definition) is 1. The van der Waals surface area contributed by atoms with E-state index in [1.165, 1.54) is 16.5 Å². The number of Topliss-reactive ketones (excluding diaryl/α,β-unsaturated/α-hetero) is 1. The number of carbonyl (C=O) groups is 1. The maximum absolute atomic E-state index is 12.6. The van der Waals surface area contributed by atoms with Gasteiger partial charge in [-0.3, -0.25) is 4.79 Å². The number of ketones is 1. The normalized spacial score (nSPS) is 12.5. The standard InChI is InChI=1S/C20H21NO/c1-15(20(22)13-12-16-8-4-3-5-9-16)18-14-21(2)19-11-7-6-10-17(18)19/h3-11,14-15H,12-13H2,1-2H3. The molecule has 3 aromatic rings. The molecule has 2 nitrogen and oxygen atoms in total. The van der Waals surface area contributed by atoms with Gasteiger partial charge in [-0.2, -0.15) is 0 Å². The van der Waals surface area contributed by atoms with Crippen molar-refractivity contribution in [2.24, 2.45) is 7.05 Å². The van der Waals surface area contributed by atoms with Crippen LogP contribution < -0.4 is 0 Å². The Morgan fingerprint density at radius 1 is 1.05 bits per heavy atom. The number of hydrogen-bond donors (Lipinski definition) is 0. The fourth-order valence-electron chi connectivity index (χ4n) is 3.02. The van der Waals surface area contributed by atoms with E-state index in [0.29, 0.717) is 12.2 Å². The van der Waals surface area contributed by atoms with Crippen LogP contribution in [0, 0.1) is 0 Å². The summed E-state index contributed by atoms with van der Waals surface area (Å²) in [4.78, 5) is 12.6. The van der Waals surface area contributed by atoms with Crippen molar-refractivity contribution in [1.29, 1.82) is 0 Å². The molecule has 1 heterocycles. The van der Waals surface area contributed by atoms with Crippen LogP contribution in [0.15, 0.2) is 60.8 Å². The third kappa shape index (κ3) is 2.82. The van der Waals surface area contributed by atoms with Crippen LogP contribution in [0.4, 0.5) is 0 Å². The van der Waals surface area contributed by atoms with E-state index in [0.717, 1.165) is 12.0 Å². The molecule has 2 aromatic carbocycles. The first-order chi connectivity index (χ1) is 10.7. The smallest absolute Gasteiger partial charge is 0.140 e. The molecule has 0 bridgehead atoms. The van der Waals surface area contributed by atoms with Gasteiger partial charge in [0, 0.05) is 36.5 Å². The molecule has 0 fully saturated rings. The van der Waals surface area contributed by atoms with E-state index in [1.54, 1.807) is 0 Å². The largest absolute Gasteiger partial charge is 0.350 e. The first-order valence-electron chi connectivity index (χ1n) is 7.77. The Kier molecular flexibility index (Phi) is 4.10. The number of fused-ring (bicyclic) bond motifs is 1. The molecule has 0 amide bonds. The van der Waals surface area contributed by atoms with Crippen molar-refractivity contribution in [2.45, 2.75) is 25.7 Å². The van der Waals surface area contributed by atoms with Gasteiger partial charge in [0.25, 0.3) is 0 Å². The third-order valence-electron chi connectivity index (χ3n) is 4.38. The van der Waals surface area contributed by atoms with E-state index in [4.69, 9.17) is 0 Å². The van der Waals surface area contributed by atoms with Gasteiger partial charge in [0.15, 0.2) is 0 Å². The van der Waals surface area contributed by atoms with Gasteiger partial charge in [-0.1, -0.05) is 55.5 Å². The molecule has 1 atom stereocenters. The predicted octanol–water partition coefficient (Wildman–Crippen LogP) is 4.48. The molecule has 1 aromatic heterocycles. The van der Waals surface area contributed by atoms with Crippen LogP contribution in [-0.2, 0) is 18.3 Å². The van der Waals surface area contributed by atoms with Crippen molar-refractivity contribution in [2.75, 3.05) is 0 Å². The van der Waals surface area contributed by atoms with Gasteiger partial charge in [-0.05, 0) is 23.6 Å². The van der Waals surface area contributed by atoms with Crippen LogP contribution in [0.1, 0.15) is 30.4 Å². The Morgan fingerprint density at radius 3 is 2.50 bits per heavy atom. The first-order valence-corrected chi connectivity index (χ1v) is 7.77. The molecule has 0 aliphatic heterocycles. The highest BCUT2D eigenvalue weighted by molar-refractivity contribution is 5.93. The van der Waals surface area contributed by atoms with Gasteiger partial charge >= 0.3 is 0 Å². The summed E-state index contributed by atoms with van der Waals surface area (Å²) >= 11 is 0. The molecule has 0 radical (unpaired) electrons. The second-order valence-corrected chi connectivity index (χ2v) is 5.89. The zero-order chi connectivity index (χ0) is 15.5. The van der Waals surface area contributed by atoms with Crippen molar-refractivity contribution >= 4 is 16.7 Å². The topological polar surface area (TPSA) is 22.0 Å². The van der Waals surface area contributed by atoms with Crippen molar-refractivity contribution in [3.05, 3.63) is 71.9 Å². The lowest BCUT2D eigenvalue weighted by molar-refractivity contribution is -0.120. The maximum Gasteiger partial charge on any atom is 0.140 e. The molecule has 112 valence electrons. The molecule has 0 saturated carbocycles. The molecule has 3 rings (SSSR count). The molecule has 1 unspecified atom stereocenters. The fourth-order valence-corrected chi connectivity index (χ4v) is 3.02. The second-order valence-electron chi connectivity index (χ2n) is 5.89. The maximum atomic E-state index is 12.6. The quantitative estimate of drug-likeness (QED) is 0.679. The number of aromatic nitrogens is 1. The fraction of sp³-hybridized carbons (Fsp3) is 0.250. The first kappa shape index (κ1) is 14.6. The zero-order valence-electron chi connectivity index (χ0n) is 13.1. The lowest BCUT2D eigenvalue weighted by Crippen LogP contribution is -2.10. The Balaban J connectivity index is 1.77. The number of carbonyl (C=O) groups excluding carboxylic acids is 1. The lowest BCUT2D eigenvalue weighted by Gasteiger charge is -2.10. The SMILES string of the molecule is CC(C(=O)CCc1ccccc1)c1cn(C)c2ccccc12. The van der Waals surface area contributed by atoms with E-state index >= 15 is 0 Å². The van der Waals surface area contributed by atoms with Gasteiger partial charge in [-0.25, -0.2) is 0 Å². The highest BCUT2D eigenvalue weighted by atomic mass is 16.1. The minimum absolute atomic E-state index is 0.0604. The lowest BCUT2D eigenvalue weighted by atomic mass is 9.92. The molecule has 22 heavy (non-hydrogen) atoms. The summed E-state index contributed by atoms with van der Waals surface area (Å²) in [5.74, 6) is 0.245. The summed E-state index contributed by atoms with van der Waals surface area (Å²) in [5.41, 5.74) is 3.54. The van der Waals surface area contributed by atoms with Gasteiger partial charge < -0.3 is 4.57 Å². The van der Waals surface area contributed by atoms with Crippen LogP contribution in [0.5, 0.6) is 0 Å². The van der Waals surface area contributed by atoms with Gasteiger partial charge in [0.2, 0.25) is 0 Å². The van der Waals surface area contributed by atoms with Crippen LogP contribution in [0.25, 0.3) is 10.9 Å². The van der Waals surface area contributed by atoms with Crippen molar-refractivity contribution in [3.63, 3.8) is 0 Å². The van der Waals surface area contributed by atoms with Crippen molar-refractivity contribution in [1.82, 2.24) is 4.57 Å². The summed E-state index contributed by atoms with van der Waals surface area (Å²) in [6, 6.07) is 18.5. The molecular weight excluding hydrogens is 270 g/mol. The van der Waals surface area contributed by atoms with E-state index < -0.39 is 0 Å². The van der Waals surface area contributed by atoms with Crippen LogP contribution in [0.2, 0.25) is 0 Å². The summed E-state index contributed by atoms with van der Waals surface area (Å²) in [6.45, 7) is 2.02. The Hall–Kier alpha value is -2.35. The number of benzene rings is 2. The highest BCUT2D eigenvalue weighted by Crippen LogP contribution is 2.28. The Bertz CT molecular complexity index is 786. The molecule has 0 aliphatic carbocycles. The predicted molar refractivity (Wildman–Crippen MR) is 91.1 cm³/mol. The second kappa shape index (κ2) is 6.18. The monoisotopic (exact) mass is 291 g/mol. The van der Waals surface area contributed by atoms with E-state index in [-0.39, 0.29) is 5.92 Å². The van der Waals surface area contributed by atoms with Crippen LogP contribution in [0.3, 0.4) is 0 Å². The number of aryl methyl sites for hydroxylation is 2. The third-order valence-corrected chi connectivity index (χ3v) is 4.38. The van der Waals surface area contributed by atoms with E-state index in [1.807, 2.05) is 44.3 Å². The molecule has 0 saturated heterocycles. The van der Waals surface area contributed by atoms with E-state index in [2.05, 4.69) is 35.0 Å². The van der Waals surface area contributed by atoms with Crippen LogP contribution >= 0.6 is 0 Å². The Morgan fingerprint density at radius 2 is 1.73 bits per heavy atom. The number of nitrogens with zero attached hydrogens (tertiary/aromatic N) is 1. The summed E-state index contributed by atoms with van der Waals surface area (Å²) < 4.78 is 2.10. The minimum Gasteiger partial charge on any atom is -0.350 e. The van der Waals surface area contributed by atoms with E-state index in [9.17, 15) is 4.79 Å². The zero-order valence-corrected chi connectivity index (χ0v) is 13.1. The summed E-state index contributed by atoms with van der Waals surface area (Å²) in [6.07, 6.45) is 3.50. The molecule has 0 aliphatic rings. The average Bonchev–Trinajstić information content (AvgIpc) is 2.90. The van der Waals surface area contributed by atoms with Crippen LogP contribution in [-0.4, -0.2) is 10.4 Å². The van der Waals surface area contributed by atoms with Gasteiger partial charge in [-0.15, -0.1) is 0 Å². The highest BCUT2D eigenvalue weighted by Gasteiger charge is 2.19. The Labute approximate surface area is 131 Å². The number of para-hydroxylation sites is 1. The molecule has 0 spiro atoms. The van der Waals surface area contributed by atoms with Gasteiger partial charge in [0.1, 0.15) is 5.78 Å². The molecular formula is C20H21NO. The van der Waals surface area contributed by atoms with Gasteiger partial charge in [0.05, 0.1) is 0 Å². The van der Waals surface area contributed by atoms with Crippen molar-refractivity contribution < 1.29 is 4.79 Å². The molecule has 2 heteroatoms. The number of rotatable bonds is 5. The van der Waals surface area contributed by atoms with Crippen molar-refractivity contribution in [3.8, 4) is 0 Å². The minimum atomic E-state index is -0.0604. The summed E-state index contributed by atoms with van der Waals surface area (Å²) in [5, 5.41) is 1.19. The average molecular weight is 291 g/mol. The summed E-state index contributed by atoms with van der Waals surface area (Å²) in [7, 11) is 2.03.